The molecule has 1 amide bonds. The minimum Gasteiger partial charge on any atom is -0.480 e. The zero-order valence-electron chi connectivity index (χ0n) is 11.6. The van der Waals surface area contributed by atoms with E-state index in [-0.39, 0.29) is 12.3 Å². The highest BCUT2D eigenvalue weighted by atomic mass is 16.4. The molecule has 20 heavy (non-hydrogen) atoms. The third-order valence-electron chi connectivity index (χ3n) is 3.54. The number of likely N-dealkylation sites (tertiary alicyclic amines) is 1. The van der Waals surface area contributed by atoms with Crippen LogP contribution < -0.4 is 0 Å². The molecule has 1 N–H and O–H groups in total. The van der Waals surface area contributed by atoms with Crippen LogP contribution in [0.4, 0.5) is 0 Å². The predicted octanol–water partition coefficient (Wildman–Crippen LogP) is 2.47. The molecule has 0 bridgehead atoms. The van der Waals surface area contributed by atoms with E-state index in [2.05, 4.69) is 0 Å². The van der Waals surface area contributed by atoms with Gasteiger partial charge in [-0.2, -0.15) is 0 Å². The van der Waals surface area contributed by atoms with E-state index in [1.807, 2.05) is 37.3 Å². The Bertz CT molecular complexity index is 519. The maximum atomic E-state index is 12.0. The summed E-state index contributed by atoms with van der Waals surface area (Å²) < 4.78 is 0. The Labute approximate surface area is 118 Å². The molecular formula is C16H19NO3. The van der Waals surface area contributed by atoms with Crippen LogP contribution in [0.3, 0.4) is 0 Å². The summed E-state index contributed by atoms with van der Waals surface area (Å²) in [6.45, 7) is 2.57. The first-order valence-electron chi connectivity index (χ1n) is 6.83. The summed E-state index contributed by atoms with van der Waals surface area (Å²) in [5.41, 5.74) is 2.24. The van der Waals surface area contributed by atoms with Crippen molar-refractivity contribution in [3.63, 3.8) is 0 Å². The van der Waals surface area contributed by atoms with Gasteiger partial charge >= 0.3 is 5.97 Å². The van der Waals surface area contributed by atoms with Gasteiger partial charge in [-0.3, -0.25) is 4.79 Å². The lowest BCUT2D eigenvalue weighted by Gasteiger charge is -2.20. The predicted molar refractivity (Wildman–Crippen MR) is 77.2 cm³/mol. The van der Waals surface area contributed by atoms with E-state index in [0.717, 1.165) is 12.0 Å². The van der Waals surface area contributed by atoms with Gasteiger partial charge in [-0.05, 0) is 25.3 Å². The van der Waals surface area contributed by atoms with E-state index in [9.17, 15) is 9.59 Å². The third-order valence-corrected chi connectivity index (χ3v) is 3.54. The molecule has 1 saturated heterocycles. The highest BCUT2D eigenvalue weighted by Gasteiger charge is 2.33. The number of benzene rings is 1. The third kappa shape index (κ3) is 3.47. The summed E-state index contributed by atoms with van der Waals surface area (Å²) in [6, 6.07) is 7.37. The number of aliphatic carboxylic acids is 1. The Hall–Kier alpha value is -2.10. The zero-order chi connectivity index (χ0) is 14.5. The van der Waals surface area contributed by atoms with Crippen molar-refractivity contribution in [1.82, 2.24) is 4.90 Å². The van der Waals surface area contributed by atoms with Gasteiger partial charge in [0.15, 0.2) is 0 Å². The van der Waals surface area contributed by atoms with Crippen molar-refractivity contribution < 1.29 is 14.7 Å². The van der Waals surface area contributed by atoms with Gasteiger partial charge in [-0.1, -0.05) is 42.0 Å². The maximum Gasteiger partial charge on any atom is 0.326 e. The smallest absolute Gasteiger partial charge is 0.326 e. The fraction of sp³-hybridized carbons (Fsp3) is 0.375. The van der Waals surface area contributed by atoms with E-state index in [1.165, 1.54) is 10.5 Å². The Kier molecular flexibility index (Phi) is 4.56. The number of aryl methyl sites for hydroxylation is 1. The highest BCUT2D eigenvalue weighted by molar-refractivity contribution is 5.85. The number of carbonyl (C=O) groups excluding carboxylic acids is 1. The number of carboxylic acid groups (broad SMARTS) is 1. The van der Waals surface area contributed by atoms with Crippen LogP contribution in [0.15, 0.2) is 30.3 Å². The Morgan fingerprint density at radius 1 is 1.35 bits per heavy atom. The molecular weight excluding hydrogens is 254 g/mol. The van der Waals surface area contributed by atoms with Crippen molar-refractivity contribution in [3.8, 4) is 0 Å². The molecule has 1 fully saturated rings. The van der Waals surface area contributed by atoms with Crippen LogP contribution in [0, 0.1) is 6.92 Å². The van der Waals surface area contributed by atoms with Crippen molar-refractivity contribution in [2.24, 2.45) is 0 Å². The van der Waals surface area contributed by atoms with Crippen LogP contribution in [0.5, 0.6) is 0 Å². The molecule has 106 valence electrons. The molecule has 1 unspecified atom stereocenters. The largest absolute Gasteiger partial charge is 0.480 e. The van der Waals surface area contributed by atoms with Crippen molar-refractivity contribution >= 4 is 18.0 Å². The van der Waals surface area contributed by atoms with Crippen LogP contribution in [0.25, 0.3) is 6.08 Å². The molecule has 0 aliphatic carbocycles. The number of carbonyl (C=O) groups is 2. The van der Waals surface area contributed by atoms with Gasteiger partial charge in [0, 0.05) is 13.0 Å². The summed E-state index contributed by atoms with van der Waals surface area (Å²) in [7, 11) is 0. The molecule has 4 heteroatoms. The number of rotatable bonds is 4. The number of carboxylic acids is 1. The van der Waals surface area contributed by atoms with Crippen molar-refractivity contribution in [1.29, 1.82) is 0 Å². The normalized spacial score (nSPS) is 18.6. The van der Waals surface area contributed by atoms with Gasteiger partial charge in [-0.15, -0.1) is 0 Å². The number of amides is 1. The topological polar surface area (TPSA) is 57.6 Å². The SMILES string of the molecule is Cc1ccc(/C=C/CC(=O)N2CCCC2C(=O)O)cc1. The summed E-state index contributed by atoms with van der Waals surface area (Å²) in [5, 5.41) is 9.05. The van der Waals surface area contributed by atoms with Gasteiger partial charge in [0.2, 0.25) is 5.91 Å². The summed E-state index contributed by atoms with van der Waals surface area (Å²) in [6.07, 6.45) is 5.26. The van der Waals surface area contributed by atoms with Crippen molar-refractivity contribution in [3.05, 3.63) is 41.5 Å². The molecule has 1 aromatic rings. The van der Waals surface area contributed by atoms with Crippen molar-refractivity contribution in [2.45, 2.75) is 32.2 Å². The second-order valence-corrected chi connectivity index (χ2v) is 5.10. The van der Waals surface area contributed by atoms with Crippen LogP contribution in [-0.2, 0) is 9.59 Å². The van der Waals surface area contributed by atoms with Gasteiger partial charge < -0.3 is 10.0 Å². The lowest BCUT2D eigenvalue weighted by molar-refractivity contribution is -0.147. The van der Waals surface area contributed by atoms with Crippen LogP contribution in [-0.4, -0.2) is 34.5 Å². The number of hydrogen-bond donors (Lipinski definition) is 1. The molecule has 1 aliphatic heterocycles. The minimum absolute atomic E-state index is 0.113. The van der Waals surface area contributed by atoms with E-state index < -0.39 is 12.0 Å². The first-order valence-corrected chi connectivity index (χ1v) is 6.83. The summed E-state index contributed by atoms with van der Waals surface area (Å²) >= 11 is 0. The molecule has 0 aromatic heterocycles. The minimum atomic E-state index is -0.904. The van der Waals surface area contributed by atoms with Crippen LogP contribution in [0.2, 0.25) is 0 Å². The molecule has 4 nitrogen and oxygen atoms in total. The fourth-order valence-electron chi connectivity index (χ4n) is 2.41. The van der Waals surface area contributed by atoms with E-state index in [1.54, 1.807) is 6.08 Å². The van der Waals surface area contributed by atoms with Crippen LogP contribution >= 0.6 is 0 Å². The van der Waals surface area contributed by atoms with Crippen LogP contribution in [0.1, 0.15) is 30.4 Å². The number of hydrogen-bond acceptors (Lipinski definition) is 2. The molecule has 1 aliphatic rings. The summed E-state index contributed by atoms with van der Waals surface area (Å²) in [4.78, 5) is 24.5. The lowest BCUT2D eigenvalue weighted by atomic mass is 10.1. The lowest BCUT2D eigenvalue weighted by Crippen LogP contribution is -2.40. The van der Waals surface area contributed by atoms with Gasteiger partial charge in [0.25, 0.3) is 0 Å². The molecule has 2 rings (SSSR count). The molecule has 0 radical (unpaired) electrons. The Morgan fingerprint density at radius 3 is 2.70 bits per heavy atom. The van der Waals surface area contributed by atoms with E-state index in [4.69, 9.17) is 5.11 Å². The molecule has 0 saturated carbocycles. The first kappa shape index (κ1) is 14.3. The standard InChI is InChI=1S/C16H19NO3/c1-12-7-9-13(10-8-12)4-2-6-15(18)17-11-3-5-14(17)16(19)20/h2,4,7-10,14H,3,5-6,11H2,1H3,(H,19,20)/b4-2+. The maximum absolute atomic E-state index is 12.0. The van der Waals surface area contributed by atoms with Gasteiger partial charge in [0.05, 0.1) is 0 Å². The Morgan fingerprint density at radius 2 is 2.05 bits per heavy atom. The summed E-state index contributed by atoms with van der Waals surface area (Å²) in [5.74, 6) is -1.02. The van der Waals surface area contributed by atoms with E-state index >= 15 is 0 Å². The second-order valence-electron chi connectivity index (χ2n) is 5.10. The molecule has 1 aromatic carbocycles. The average Bonchev–Trinajstić information content (AvgIpc) is 2.90. The molecule has 0 spiro atoms. The average molecular weight is 273 g/mol. The van der Waals surface area contributed by atoms with Gasteiger partial charge in [0.1, 0.15) is 6.04 Å². The van der Waals surface area contributed by atoms with E-state index in [0.29, 0.717) is 13.0 Å². The quantitative estimate of drug-likeness (QED) is 0.916. The molecule has 1 heterocycles. The highest BCUT2D eigenvalue weighted by Crippen LogP contribution is 2.18. The Balaban J connectivity index is 1.91. The fourth-order valence-corrected chi connectivity index (χ4v) is 2.41. The van der Waals surface area contributed by atoms with Crippen molar-refractivity contribution in [2.75, 3.05) is 6.54 Å². The monoisotopic (exact) mass is 273 g/mol. The second kappa shape index (κ2) is 6.37. The molecule has 1 atom stereocenters. The zero-order valence-corrected chi connectivity index (χ0v) is 11.6. The number of nitrogens with zero attached hydrogens (tertiary/aromatic N) is 1. The first-order chi connectivity index (χ1) is 9.58. The van der Waals surface area contributed by atoms with Gasteiger partial charge in [-0.25, -0.2) is 4.79 Å².